The lowest BCUT2D eigenvalue weighted by Crippen LogP contribution is -2.15. The van der Waals surface area contributed by atoms with Gasteiger partial charge in [0.2, 0.25) is 0 Å². The van der Waals surface area contributed by atoms with Crippen LogP contribution >= 0.6 is 11.3 Å². The highest BCUT2D eigenvalue weighted by Gasteiger charge is 2.23. The Morgan fingerprint density at radius 3 is 2.43 bits per heavy atom. The van der Waals surface area contributed by atoms with Crippen molar-refractivity contribution in [3.05, 3.63) is 70.6 Å². The molecule has 3 aromatic rings. The third-order valence-electron chi connectivity index (χ3n) is 4.53. The molecule has 0 bridgehead atoms. The highest BCUT2D eigenvalue weighted by atomic mass is 32.1. The van der Waals surface area contributed by atoms with Crippen molar-refractivity contribution in [2.75, 3.05) is 18.5 Å². The minimum Gasteiger partial charge on any atom is -0.494 e. The van der Waals surface area contributed by atoms with Crippen molar-refractivity contribution in [1.82, 2.24) is 0 Å². The summed E-state index contributed by atoms with van der Waals surface area (Å²) in [5, 5.41) is 5.23. The number of hydrogen-bond acceptors (Lipinski definition) is 5. The van der Waals surface area contributed by atoms with Crippen LogP contribution in [0.15, 0.2) is 53.9 Å². The van der Waals surface area contributed by atoms with Gasteiger partial charge < -0.3 is 14.8 Å². The molecule has 0 saturated carbocycles. The monoisotopic (exact) mass is 423 g/mol. The molecule has 0 spiro atoms. The van der Waals surface area contributed by atoms with Gasteiger partial charge in [-0.3, -0.25) is 4.79 Å². The second-order valence-electron chi connectivity index (χ2n) is 6.72. The molecule has 0 saturated heterocycles. The zero-order valence-electron chi connectivity index (χ0n) is 17.4. The standard InChI is InChI=1S/C24H25NO4S/c1-4-14-29-18-12-10-17(11-13-18)20-15-30-23(21(20)24(27)28-5-2)25-22(26)19-9-7-6-8-16(19)3/h6-13,15H,4-5,14H2,1-3H3,(H,25,26). The Morgan fingerprint density at radius 1 is 1.03 bits per heavy atom. The van der Waals surface area contributed by atoms with E-state index in [9.17, 15) is 9.59 Å². The second-order valence-corrected chi connectivity index (χ2v) is 7.60. The predicted octanol–water partition coefficient (Wildman–Crippen LogP) is 5.94. The number of carbonyl (C=O) groups is 2. The number of thiophene rings is 1. The van der Waals surface area contributed by atoms with Crippen LogP contribution in [0.1, 0.15) is 46.5 Å². The minimum atomic E-state index is -0.458. The molecule has 0 atom stereocenters. The molecule has 0 unspecified atom stereocenters. The Morgan fingerprint density at radius 2 is 1.77 bits per heavy atom. The van der Waals surface area contributed by atoms with Crippen LogP contribution in [-0.4, -0.2) is 25.1 Å². The minimum absolute atomic E-state index is 0.253. The summed E-state index contributed by atoms with van der Waals surface area (Å²) in [6.07, 6.45) is 0.934. The number of ether oxygens (including phenoxy) is 2. The summed E-state index contributed by atoms with van der Waals surface area (Å²) in [6, 6.07) is 14.9. The van der Waals surface area contributed by atoms with Crippen LogP contribution in [0.5, 0.6) is 5.75 Å². The third-order valence-corrected chi connectivity index (χ3v) is 5.42. The van der Waals surface area contributed by atoms with Crippen LogP contribution in [0.25, 0.3) is 11.1 Å². The molecule has 1 aromatic heterocycles. The molecule has 0 fully saturated rings. The summed E-state index contributed by atoms with van der Waals surface area (Å²) in [4.78, 5) is 25.5. The maximum atomic E-state index is 12.8. The van der Waals surface area contributed by atoms with Gasteiger partial charge in [0.05, 0.1) is 13.2 Å². The van der Waals surface area contributed by atoms with Crippen LogP contribution in [0.3, 0.4) is 0 Å². The second kappa shape index (κ2) is 10.1. The summed E-state index contributed by atoms with van der Waals surface area (Å²) in [7, 11) is 0. The van der Waals surface area contributed by atoms with Gasteiger partial charge in [0.1, 0.15) is 16.3 Å². The smallest absolute Gasteiger partial charge is 0.341 e. The van der Waals surface area contributed by atoms with E-state index >= 15 is 0 Å². The van der Waals surface area contributed by atoms with E-state index in [0.717, 1.165) is 28.9 Å². The van der Waals surface area contributed by atoms with E-state index in [1.165, 1.54) is 11.3 Å². The van der Waals surface area contributed by atoms with Crippen LogP contribution in [0, 0.1) is 6.92 Å². The van der Waals surface area contributed by atoms with Gasteiger partial charge in [0.25, 0.3) is 5.91 Å². The number of amides is 1. The molecule has 0 aliphatic heterocycles. The summed E-state index contributed by atoms with van der Waals surface area (Å²) in [5.41, 5.74) is 3.38. The molecule has 156 valence electrons. The van der Waals surface area contributed by atoms with Crippen molar-refractivity contribution in [2.24, 2.45) is 0 Å². The Balaban J connectivity index is 1.93. The topological polar surface area (TPSA) is 64.6 Å². The maximum Gasteiger partial charge on any atom is 0.341 e. The summed E-state index contributed by atoms with van der Waals surface area (Å²) in [5.74, 6) is 0.0668. The predicted molar refractivity (Wildman–Crippen MR) is 121 cm³/mol. The molecule has 2 aromatic carbocycles. The third kappa shape index (κ3) is 4.89. The summed E-state index contributed by atoms with van der Waals surface area (Å²) < 4.78 is 10.9. The van der Waals surface area contributed by atoms with Gasteiger partial charge in [0, 0.05) is 16.5 Å². The fraction of sp³-hybridized carbons (Fsp3) is 0.250. The van der Waals surface area contributed by atoms with Crippen molar-refractivity contribution >= 4 is 28.2 Å². The molecule has 5 nitrogen and oxygen atoms in total. The number of esters is 1. The number of rotatable bonds is 8. The molecule has 1 N–H and O–H groups in total. The number of benzene rings is 2. The highest BCUT2D eigenvalue weighted by molar-refractivity contribution is 7.15. The van der Waals surface area contributed by atoms with Crippen LogP contribution in [-0.2, 0) is 4.74 Å². The summed E-state index contributed by atoms with van der Waals surface area (Å²) >= 11 is 1.31. The molecule has 6 heteroatoms. The highest BCUT2D eigenvalue weighted by Crippen LogP contribution is 2.37. The first-order valence-corrected chi connectivity index (χ1v) is 10.8. The quantitative estimate of drug-likeness (QED) is 0.455. The Bertz CT molecular complexity index is 1020. The normalized spacial score (nSPS) is 10.5. The van der Waals surface area contributed by atoms with E-state index in [2.05, 4.69) is 12.2 Å². The molecule has 0 aliphatic carbocycles. The number of nitrogens with one attached hydrogen (secondary N) is 1. The van der Waals surface area contributed by atoms with Crippen molar-refractivity contribution < 1.29 is 19.1 Å². The van der Waals surface area contributed by atoms with E-state index in [4.69, 9.17) is 9.47 Å². The van der Waals surface area contributed by atoms with Crippen molar-refractivity contribution in [1.29, 1.82) is 0 Å². The summed E-state index contributed by atoms with van der Waals surface area (Å²) in [6.45, 7) is 6.60. The molecular weight excluding hydrogens is 398 g/mol. The molecule has 3 rings (SSSR count). The Hall–Kier alpha value is -3.12. The van der Waals surface area contributed by atoms with Crippen LogP contribution in [0.4, 0.5) is 5.00 Å². The Labute approximate surface area is 180 Å². The lowest BCUT2D eigenvalue weighted by Gasteiger charge is -2.10. The van der Waals surface area contributed by atoms with Crippen molar-refractivity contribution in [3.8, 4) is 16.9 Å². The van der Waals surface area contributed by atoms with Gasteiger partial charge in [0.15, 0.2) is 0 Å². The molecule has 0 aliphatic rings. The van der Waals surface area contributed by atoms with E-state index in [-0.39, 0.29) is 12.5 Å². The van der Waals surface area contributed by atoms with Gasteiger partial charge in [-0.25, -0.2) is 4.79 Å². The first kappa shape index (κ1) is 21.6. The average Bonchev–Trinajstić information content (AvgIpc) is 3.16. The van der Waals surface area contributed by atoms with Gasteiger partial charge in [-0.05, 0) is 49.6 Å². The van der Waals surface area contributed by atoms with Crippen LogP contribution < -0.4 is 10.1 Å². The van der Waals surface area contributed by atoms with Crippen molar-refractivity contribution in [2.45, 2.75) is 27.2 Å². The first-order chi connectivity index (χ1) is 14.5. The number of aryl methyl sites for hydroxylation is 1. The number of anilines is 1. The van der Waals surface area contributed by atoms with Crippen LogP contribution in [0.2, 0.25) is 0 Å². The molecular formula is C24H25NO4S. The van der Waals surface area contributed by atoms with Gasteiger partial charge in [-0.2, -0.15) is 0 Å². The van der Waals surface area contributed by atoms with Gasteiger partial charge >= 0.3 is 5.97 Å². The molecule has 30 heavy (non-hydrogen) atoms. The van der Waals surface area contributed by atoms with Gasteiger partial charge in [-0.1, -0.05) is 37.3 Å². The number of hydrogen-bond donors (Lipinski definition) is 1. The fourth-order valence-corrected chi connectivity index (χ4v) is 3.97. The largest absolute Gasteiger partial charge is 0.494 e. The molecule has 0 radical (unpaired) electrons. The maximum absolute atomic E-state index is 12.8. The Kier molecular flexibility index (Phi) is 7.25. The zero-order chi connectivity index (χ0) is 21.5. The van der Waals surface area contributed by atoms with E-state index in [1.54, 1.807) is 13.0 Å². The fourth-order valence-electron chi connectivity index (χ4n) is 3.02. The SMILES string of the molecule is CCCOc1ccc(-c2csc(NC(=O)c3ccccc3C)c2C(=O)OCC)cc1. The van der Waals surface area contributed by atoms with Gasteiger partial charge in [-0.15, -0.1) is 11.3 Å². The van der Waals surface area contributed by atoms with E-state index in [1.807, 2.05) is 54.8 Å². The van der Waals surface area contributed by atoms with Crippen molar-refractivity contribution in [3.63, 3.8) is 0 Å². The molecule has 1 amide bonds. The molecule has 1 heterocycles. The zero-order valence-corrected chi connectivity index (χ0v) is 18.2. The average molecular weight is 424 g/mol. The van der Waals surface area contributed by atoms with E-state index in [0.29, 0.717) is 22.7 Å². The first-order valence-electron chi connectivity index (χ1n) is 9.94. The number of carbonyl (C=O) groups excluding carboxylic acids is 2. The lowest BCUT2D eigenvalue weighted by atomic mass is 10.0. The van der Waals surface area contributed by atoms with E-state index < -0.39 is 5.97 Å². The lowest BCUT2D eigenvalue weighted by molar-refractivity contribution is 0.0529.